The Labute approximate surface area is 435 Å². The maximum absolute atomic E-state index is 12.6. The molecule has 0 unspecified atom stereocenters. The molecule has 34 heteroatoms. The van der Waals surface area contributed by atoms with Gasteiger partial charge in [0, 0.05) is 5.57 Å². The monoisotopic (exact) mass is 1130 g/mol. The number of hydrogen-bond acceptors (Lipinski definition) is 34. The summed E-state index contributed by atoms with van der Waals surface area (Å²) in [5.74, 6) is -2.07. The van der Waals surface area contributed by atoms with Gasteiger partial charge >= 0.3 is 11.9 Å². The first-order valence-corrected chi connectivity index (χ1v) is 24.2. The molecular formula is C43H68O34. The highest BCUT2D eigenvalue weighted by Gasteiger charge is 2.59. The van der Waals surface area contributed by atoms with Crippen molar-refractivity contribution in [3.05, 3.63) is 12.2 Å². The van der Waals surface area contributed by atoms with Gasteiger partial charge in [-0.2, -0.15) is 0 Å². The quantitative estimate of drug-likeness (QED) is 0.0490. The van der Waals surface area contributed by atoms with Gasteiger partial charge in [-0.25, -0.2) is 4.79 Å². The molecule has 0 aromatic rings. The van der Waals surface area contributed by atoms with Crippen LogP contribution in [0.3, 0.4) is 0 Å². The van der Waals surface area contributed by atoms with Crippen molar-refractivity contribution in [1.82, 2.24) is 0 Å². The van der Waals surface area contributed by atoms with Crippen LogP contribution in [-0.2, 0) is 80.6 Å². The fourth-order valence-corrected chi connectivity index (χ4v) is 9.72. The summed E-state index contributed by atoms with van der Waals surface area (Å²) in [7, 11) is 1.03. The van der Waals surface area contributed by atoms with E-state index in [0.717, 1.165) is 7.11 Å². The van der Waals surface area contributed by atoms with Crippen molar-refractivity contribution in [3.8, 4) is 0 Å². The fraction of sp³-hybridized carbons (Fsp3) is 0.907. The molecule has 22 saturated heterocycles. The molecule has 34 nitrogen and oxygen atoms in total. The summed E-state index contributed by atoms with van der Waals surface area (Å²) in [6, 6.07) is 0. The molecule has 0 aliphatic carbocycles. The van der Waals surface area contributed by atoms with Crippen molar-refractivity contribution in [3.63, 3.8) is 0 Å². The predicted molar refractivity (Wildman–Crippen MR) is 231 cm³/mol. The Kier molecular flexibility index (Phi) is 21.8. The van der Waals surface area contributed by atoms with Crippen LogP contribution in [0.2, 0.25) is 0 Å². The highest BCUT2D eigenvalue weighted by atomic mass is 16.8. The van der Waals surface area contributed by atoms with Crippen molar-refractivity contribution in [1.29, 1.82) is 0 Å². The summed E-state index contributed by atoms with van der Waals surface area (Å²) in [6.07, 6.45) is -60.9. The molecule has 0 radical (unpaired) electrons. The molecule has 0 saturated carbocycles. The Morgan fingerprint density at radius 1 is 0.377 bits per heavy atom. The summed E-state index contributed by atoms with van der Waals surface area (Å²) in [6.45, 7) is -3.97. The van der Waals surface area contributed by atoms with Gasteiger partial charge in [-0.05, 0) is 0 Å². The van der Waals surface area contributed by atoms with Gasteiger partial charge in [-0.15, -0.1) is 0 Å². The number of aliphatic hydroxyl groups is 17. The maximum Gasteiger partial charge on any atom is 0.333 e. The first-order valence-electron chi connectivity index (χ1n) is 24.2. The zero-order valence-electron chi connectivity index (χ0n) is 40.7. The third kappa shape index (κ3) is 13.1. The SMILES string of the molecule is C=C(CC(=O)OCO[C@@H]1[C@@H](O)[C@H]2O[C@H]3[C@H](O)[C@@H](O)[C@@H](O[C@H]4[C@H](O)[C@@H](O)[C@@H](O[C@H]5[C@H](O)[C@@H](O)[C@@H](O[C@H]6[C@H](O)[C@@H](O)[C@@H](O[C@H]7[C@H](O)[C@@H](O)[C@@H](O[C@H]1[C@@H](CO)O2)O[C@@H]7CO)O[C@@H]6CO)O[C@@H]5CO)O[C@@H]4CO)O[C@@H]3CO)C(=O)OC. The third-order valence-corrected chi connectivity index (χ3v) is 14.0. The summed E-state index contributed by atoms with van der Waals surface area (Å²) in [5, 5.41) is 188. The molecule has 0 aromatic heterocycles. The Balaban J connectivity index is 1.21. The Morgan fingerprint density at radius 3 is 0.883 bits per heavy atom. The Morgan fingerprint density at radius 2 is 0.623 bits per heavy atom. The molecule has 22 rings (SSSR count). The minimum absolute atomic E-state index is 0.334. The average Bonchev–Trinajstić information content (AvgIpc) is 3.42. The number of rotatable bonds is 12. The van der Waals surface area contributed by atoms with Gasteiger partial charge in [0.05, 0.1) is 53.2 Å². The van der Waals surface area contributed by atoms with E-state index in [-0.39, 0.29) is 5.57 Å². The lowest BCUT2D eigenvalue weighted by atomic mass is 9.94. The van der Waals surface area contributed by atoms with Crippen LogP contribution in [0.5, 0.6) is 0 Å². The summed E-state index contributed by atoms with van der Waals surface area (Å²) >= 11 is 0. The van der Waals surface area contributed by atoms with Crippen molar-refractivity contribution in [2.45, 2.75) is 191 Å². The largest absolute Gasteiger partial charge is 0.466 e. The maximum atomic E-state index is 12.6. The van der Waals surface area contributed by atoms with E-state index in [0.29, 0.717) is 0 Å². The van der Waals surface area contributed by atoms with Crippen molar-refractivity contribution in [2.24, 2.45) is 0 Å². The molecule has 0 spiro atoms. The van der Waals surface area contributed by atoms with Crippen molar-refractivity contribution >= 4 is 11.9 Å². The van der Waals surface area contributed by atoms with Gasteiger partial charge in [0.1, 0.15) is 146 Å². The normalized spacial score (nSPS) is 48.9. The molecule has 17 N–H and O–H groups in total. The molecule has 22 aliphatic heterocycles. The van der Waals surface area contributed by atoms with E-state index < -0.39 is 249 Å². The lowest BCUT2D eigenvalue weighted by molar-refractivity contribution is -0.405. The molecular weight excluding hydrogens is 1060 g/mol. The van der Waals surface area contributed by atoms with E-state index in [4.69, 9.17) is 66.3 Å². The van der Waals surface area contributed by atoms with Crippen LogP contribution < -0.4 is 0 Å². The second-order valence-electron chi connectivity index (χ2n) is 18.9. The van der Waals surface area contributed by atoms with Gasteiger partial charge in [-0.1, -0.05) is 6.58 Å². The van der Waals surface area contributed by atoms with Crippen molar-refractivity contribution < 1.29 is 167 Å². The summed E-state index contributed by atoms with van der Waals surface area (Å²) in [4.78, 5) is 24.5. The highest BCUT2D eigenvalue weighted by molar-refractivity contribution is 5.93. The van der Waals surface area contributed by atoms with Crippen LogP contribution in [0.4, 0.5) is 0 Å². The highest BCUT2D eigenvalue weighted by Crippen LogP contribution is 2.38. The third-order valence-electron chi connectivity index (χ3n) is 14.0. The Hall–Kier alpha value is -2.52. The molecule has 22 fully saturated rings. The number of carbonyl (C=O) groups excluding carboxylic acids is 2. The van der Waals surface area contributed by atoms with Gasteiger partial charge in [0.2, 0.25) is 0 Å². The lowest BCUT2D eigenvalue weighted by Gasteiger charge is -2.51. The zero-order chi connectivity index (χ0) is 56.3. The van der Waals surface area contributed by atoms with Crippen LogP contribution in [0.1, 0.15) is 6.42 Å². The number of carbonyl (C=O) groups is 2. The van der Waals surface area contributed by atoms with Gasteiger partial charge in [-0.3, -0.25) is 4.79 Å². The number of methoxy groups -OCH3 is 1. The van der Waals surface area contributed by atoms with Crippen LogP contribution in [0.25, 0.3) is 0 Å². The second kappa shape index (κ2) is 27.0. The van der Waals surface area contributed by atoms with Gasteiger partial charge in [0.25, 0.3) is 0 Å². The molecule has 0 aromatic carbocycles. The van der Waals surface area contributed by atoms with Crippen molar-refractivity contribution in [2.75, 3.05) is 53.5 Å². The smallest absolute Gasteiger partial charge is 0.333 e. The second-order valence-corrected chi connectivity index (χ2v) is 18.9. The first kappa shape index (κ1) is 62.1. The van der Waals surface area contributed by atoms with E-state index in [9.17, 15) is 96.4 Å². The minimum atomic E-state index is -2.24. The fourth-order valence-electron chi connectivity index (χ4n) is 9.72. The van der Waals surface area contributed by atoms with E-state index in [1.807, 2.05) is 0 Å². The molecule has 30 atom stereocenters. The van der Waals surface area contributed by atoms with E-state index in [2.05, 4.69) is 11.3 Å². The lowest BCUT2D eigenvalue weighted by Crippen LogP contribution is -2.69. The van der Waals surface area contributed by atoms with Crippen LogP contribution in [-0.4, -0.2) is 337 Å². The van der Waals surface area contributed by atoms with Gasteiger partial charge in [0.15, 0.2) is 44.5 Å². The predicted octanol–water partition coefficient (Wildman–Crippen LogP) is -12.4. The molecule has 22 heterocycles. The molecule has 444 valence electrons. The zero-order valence-corrected chi connectivity index (χ0v) is 40.7. The van der Waals surface area contributed by atoms with E-state index in [1.54, 1.807) is 0 Å². The molecule has 0 amide bonds. The van der Waals surface area contributed by atoms with Crippen LogP contribution >= 0.6 is 0 Å². The Bertz CT molecular complexity index is 1890. The van der Waals surface area contributed by atoms with E-state index in [1.165, 1.54) is 0 Å². The van der Waals surface area contributed by atoms with Gasteiger partial charge < -0.3 is 158 Å². The number of aliphatic hydroxyl groups excluding tert-OH is 17. The van der Waals surface area contributed by atoms with Crippen LogP contribution in [0.15, 0.2) is 12.2 Å². The standard InChI is InChI=1S/C43H68O34/c1-11(37(62)63-2)3-18(50)64-10-65-36-29(61)43-71-17(9-49)35(36)77-42-28(60)23(55)33(15(7-47)70-42)75-40-26(58)21(53)31(13(5-45)68-40)73-38-24(56)19(51)30(12(4-44)66-38)72-39-25(57)20(52)32(14(6-46)67-39)74-41-27(59)22(54)34(76-43)16(8-48)69-41/h12-17,19-36,38-49,51-61H,1,3-10H2,2H3/t12-,13-,14-,15-,16-,17-,19-,20-,21-,22-,23-,24-,25-,26-,27-,28-,29-,30-,31-,32-,33-,34-,35+,36-,38-,39-,40-,41-,42-,43-/m1/s1. The average molecular weight is 1130 g/mol. The number of hydrogen-bond donors (Lipinski definition) is 17. The van der Waals surface area contributed by atoms with Crippen LogP contribution in [0, 0.1) is 0 Å². The minimum Gasteiger partial charge on any atom is -0.466 e. The topological polar surface area (TPSA) is 517 Å². The van der Waals surface area contributed by atoms with E-state index >= 15 is 0 Å². The number of esters is 2. The molecule has 12 bridgehead atoms. The summed E-state index contributed by atoms with van der Waals surface area (Å²) < 4.78 is 84.3. The number of ether oxygens (including phenoxy) is 15. The molecule has 77 heavy (non-hydrogen) atoms. The molecule has 22 aliphatic rings. The summed E-state index contributed by atoms with van der Waals surface area (Å²) in [5.41, 5.74) is -0.334. The first-order chi connectivity index (χ1) is 36.7.